The summed E-state index contributed by atoms with van der Waals surface area (Å²) in [5, 5.41) is 0. The number of carbonyl (C=O) groups is 3. The molecule has 3 amide bonds. The molecule has 0 spiro atoms. The molecule has 3 aromatic carbocycles. The second-order valence-electron chi connectivity index (χ2n) is 8.20. The summed E-state index contributed by atoms with van der Waals surface area (Å²) in [7, 11) is 1.55. The minimum atomic E-state index is -0.531. The maximum atomic E-state index is 13.6. The van der Waals surface area contributed by atoms with E-state index in [9.17, 15) is 14.4 Å². The minimum absolute atomic E-state index is 0.126. The normalized spacial score (nSPS) is 15.4. The molecule has 0 aromatic heterocycles. The van der Waals surface area contributed by atoms with Crippen LogP contribution in [0.5, 0.6) is 5.75 Å². The van der Waals surface area contributed by atoms with Crippen molar-refractivity contribution < 1.29 is 28.6 Å². The first-order valence-corrected chi connectivity index (χ1v) is 11.3. The number of rotatable bonds is 7. The Morgan fingerprint density at radius 2 is 1.51 bits per heavy atom. The first-order valence-electron chi connectivity index (χ1n) is 11.3. The number of imide groups is 1. The van der Waals surface area contributed by atoms with Crippen LogP contribution in [0.3, 0.4) is 0 Å². The van der Waals surface area contributed by atoms with Gasteiger partial charge in [-0.25, -0.2) is 0 Å². The molecule has 0 aliphatic carbocycles. The van der Waals surface area contributed by atoms with Crippen LogP contribution in [0.2, 0.25) is 0 Å². The van der Waals surface area contributed by atoms with Crippen molar-refractivity contribution in [2.24, 2.45) is 0 Å². The van der Waals surface area contributed by atoms with Gasteiger partial charge in [0.2, 0.25) is 0 Å². The van der Waals surface area contributed by atoms with Gasteiger partial charge in [0, 0.05) is 5.56 Å². The smallest absolute Gasteiger partial charge is 0.261 e. The molecule has 0 saturated carbocycles. The van der Waals surface area contributed by atoms with Crippen molar-refractivity contribution in [2.45, 2.75) is 12.8 Å². The Morgan fingerprint density at radius 3 is 2.14 bits per heavy atom. The molecule has 1 saturated heterocycles. The Hall–Kier alpha value is -4.01. The Labute approximate surface area is 202 Å². The summed E-state index contributed by atoms with van der Waals surface area (Å²) >= 11 is 0. The van der Waals surface area contributed by atoms with Gasteiger partial charge in [-0.05, 0) is 42.0 Å². The molecule has 0 N–H and O–H groups in total. The fourth-order valence-electron chi connectivity index (χ4n) is 4.28. The molecular weight excluding hydrogens is 448 g/mol. The van der Waals surface area contributed by atoms with Crippen LogP contribution in [0.4, 0.5) is 5.69 Å². The highest BCUT2D eigenvalue weighted by molar-refractivity contribution is 6.21. The molecule has 2 aliphatic rings. The van der Waals surface area contributed by atoms with Crippen LogP contribution in [-0.2, 0) is 16.0 Å². The monoisotopic (exact) mass is 472 g/mol. The molecular formula is C27H24N2O6. The zero-order chi connectivity index (χ0) is 24.4. The number of methoxy groups -OCH3 is 1. The van der Waals surface area contributed by atoms with E-state index in [2.05, 4.69) is 0 Å². The van der Waals surface area contributed by atoms with Gasteiger partial charge in [-0.3, -0.25) is 24.2 Å². The van der Waals surface area contributed by atoms with E-state index in [1.807, 2.05) is 18.2 Å². The summed E-state index contributed by atoms with van der Waals surface area (Å²) in [6.45, 7) is 1.28. The van der Waals surface area contributed by atoms with Crippen LogP contribution in [0.25, 0.3) is 0 Å². The van der Waals surface area contributed by atoms with Crippen LogP contribution in [0.1, 0.15) is 36.6 Å². The predicted octanol–water partition coefficient (Wildman–Crippen LogP) is 3.51. The van der Waals surface area contributed by atoms with Crippen molar-refractivity contribution >= 4 is 23.4 Å². The molecule has 5 rings (SSSR count). The molecule has 3 aromatic rings. The van der Waals surface area contributed by atoms with Crippen LogP contribution in [-0.4, -0.2) is 55.8 Å². The van der Waals surface area contributed by atoms with Gasteiger partial charge in [-0.15, -0.1) is 0 Å². The van der Waals surface area contributed by atoms with E-state index in [1.54, 1.807) is 66.6 Å². The topological polar surface area (TPSA) is 85.4 Å². The largest absolute Gasteiger partial charge is 0.495 e. The van der Waals surface area contributed by atoms with Gasteiger partial charge in [0.05, 0.1) is 50.2 Å². The fraction of sp³-hybridized carbons (Fsp3) is 0.222. The van der Waals surface area contributed by atoms with Gasteiger partial charge >= 0.3 is 0 Å². The van der Waals surface area contributed by atoms with Gasteiger partial charge in [-0.1, -0.05) is 36.4 Å². The zero-order valence-electron chi connectivity index (χ0n) is 19.2. The summed E-state index contributed by atoms with van der Waals surface area (Å²) in [6, 6.07) is 20.9. The lowest BCUT2D eigenvalue weighted by molar-refractivity contribution is -0.0337. The van der Waals surface area contributed by atoms with Crippen LogP contribution < -0.4 is 9.64 Å². The lowest BCUT2D eigenvalue weighted by atomic mass is 10.1. The van der Waals surface area contributed by atoms with Crippen molar-refractivity contribution in [1.29, 1.82) is 0 Å². The van der Waals surface area contributed by atoms with E-state index in [0.717, 1.165) is 5.56 Å². The van der Waals surface area contributed by atoms with Crippen molar-refractivity contribution in [1.82, 2.24) is 4.90 Å². The predicted molar refractivity (Wildman–Crippen MR) is 127 cm³/mol. The van der Waals surface area contributed by atoms with Crippen LogP contribution in [0, 0.1) is 0 Å². The number of nitrogens with zero attached hydrogens (tertiary/aromatic N) is 2. The first kappa shape index (κ1) is 22.8. The molecule has 35 heavy (non-hydrogen) atoms. The average molecular weight is 472 g/mol. The second kappa shape index (κ2) is 9.69. The van der Waals surface area contributed by atoms with Crippen molar-refractivity contribution in [2.75, 3.05) is 31.8 Å². The quantitative estimate of drug-likeness (QED) is 0.490. The van der Waals surface area contributed by atoms with Crippen molar-refractivity contribution in [3.8, 4) is 5.75 Å². The number of benzene rings is 3. The standard InChI is InChI=1S/C27H24N2O6/c1-33-23-9-5-4-8-22(23)28(17-24-34-14-15-35-24)25(30)19-12-10-18(11-13-19)16-29-26(31)20-6-2-3-7-21(20)27(29)32/h2-13,24H,14-17H2,1H3. The minimum Gasteiger partial charge on any atom is -0.495 e. The number of hydrogen-bond acceptors (Lipinski definition) is 6. The van der Waals surface area contributed by atoms with Crippen LogP contribution in [0.15, 0.2) is 72.8 Å². The second-order valence-corrected chi connectivity index (χ2v) is 8.20. The zero-order valence-corrected chi connectivity index (χ0v) is 19.2. The highest BCUT2D eigenvalue weighted by atomic mass is 16.7. The van der Waals surface area contributed by atoms with E-state index in [0.29, 0.717) is 41.3 Å². The average Bonchev–Trinajstić information content (AvgIpc) is 3.50. The lowest BCUT2D eigenvalue weighted by Gasteiger charge is -2.26. The number of amides is 3. The number of para-hydroxylation sites is 2. The summed E-state index contributed by atoms with van der Waals surface area (Å²) in [5.74, 6) is -0.323. The van der Waals surface area contributed by atoms with Gasteiger partial charge in [0.25, 0.3) is 17.7 Å². The highest BCUT2D eigenvalue weighted by Crippen LogP contribution is 2.30. The molecule has 2 heterocycles. The Bertz CT molecular complexity index is 1230. The third-order valence-electron chi connectivity index (χ3n) is 6.06. The van der Waals surface area contributed by atoms with E-state index in [-0.39, 0.29) is 30.8 Å². The number of anilines is 1. The van der Waals surface area contributed by atoms with E-state index < -0.39 is 6.29 Å². The molecule has 8 heteroatoms. The summed E-state index contributed by atoms with van der Waals surface area (Å²) in [6.07, 6.45) is -0.531. The van der Waals surface area contributed by atoms with Crippen molar-refractivity contribution in [3.63, 3.8) is 0 Å². The SMILES string of the molecule is COc1ccccc1N(CC1OCCO1)C(=O)c1ccc(CN2C(=O)c3ccccc3C2=O)cc1. The van der Waals surface area contributed by atoms with E-state index in [4.69, 9.17) is 14.2 Å². The lowest BCUT2D eigenvalue weighted by Crippen LogP contribution is -2.38. The number of ether oxygens (including phenoxy) is 3. The maximum absolute atomic E-state index is 13.6. The van der Waals surface area contributed by atoms with Gasteiger partial charge in [0.1, 0.15) is 5.75 Å². The first-order chi connectivity index (χ1) is 17.1. The van der Waals surface area contributed by atoms with E-state index >= 15 is 0 Å². The van der Waals surface area contributed by atoms with Gasteiger partial charge in [-0.2, -0.15) is 0 Å². The molecule has 178 valence electrons. The van der Waals surface area contributed by atoms with E-state index in [1.165, 1.54) is 4.90 Å². The van der Waals surface area contributed by atoms with Crippen molar-refractivity contribution in [3.05, 3.63) is 95.1 Å². The molecule has 0 unspecified atom stereocenters. The number of fused-ring (bicyclic) bond motifs is 1. The van der Waals surface area contributed by atoms with Gasteiger partial charge in [0.15, 0.2) is 6.29 Å². The Balaban J connectivity index is 1.36. The number of hydrogen-bond donors (Lipinski definition) is 0. The summed E-state index contributed by atoms with van der Waals surface area (Å²) in [4.78, 5) is 41.7. The summed E-state index contributed by atoms with van der Waals surface area (Å²) in [5.41, 5.74) is 2.61. The molecule has 0 bridgehead atoms. The molecule has 8 nitrogen and oxygen atoms in total. The molecule has 1 fully saturated rings. The molecule has 2 aliphatic heterocycles. The molecule has 0 atom stereocenters. The molecule has 0 radical (unpaired) electrons. The third kappa shape index (κ3) is 4.41. The summed E-state index contributed by atoms with van der Waals surface area (Å²) < 4.78 is 16.6. The van der Waals surface area contributed by atoms with Crippen LogP contribution >= 0.6 is 0 Å². The van der Waals surface area contributed by atoms with Gasteiger partial charge < -0.3 is 14.2 Å². The third-order valence-corrected chi connectivity index (χ3v) is 6.06. The fourth-order valence-corrected chi connectivity index (χ4v) is 4.28. The highest BCUT2D eigenvalue weighted by Gasteiger charge is 2.35. The number of carbonyl (C=O) groups excluding carboxylic acids is 3. The Morgan fingerprint density at radius 1 is 0.914 bits per heavy atom. The maximum Gasteiger partial charge on any atom is 0.261 e. The Kier molecular flexibility index (Phi) is 6.31.